The van der Waals surface area contributed by atoms with Crippen molar-refractivity contribution < 1.29 is 13.9 Å². The predicted molar refractivity (Wildman–Crippen MR) is 85.5 cm³/mol. The number of rotatable bonds is 5. The van der Waals surface area contributed by atoms with E-state index in [1.54, 1.807) is 30.2 Å². The Morgan fingerprint density at radius 2 is 2.25 bits per heavy atom. The van der Waals surface area contributed by atoms with Crippen molar-refractivity contribution in [3.8, 4) is 0 Å². The molecule has 0 radical (unpaired) electrons. The molecule has 2 aromatic rings. The second-order valence-electron chi connectivity index (χ2n) is 5.94. The van der Waals surface area contributed by atoms with E-state index >= 15 is 0 Å². The minimum Gasteiger partial charge on any atom is -0.377 e. The van der Waals surface area contributed by atoms with Crippen LogP contribution in [-0.2, 0) is 22.6 Å². The Bertz CT molecular complexity index is 703. The van der Waals surface area contributed by atoms with Crippen LogP contribution in [0.4, 0.5) is 4.39 Å². The number of amides is 1. The van der Waals surface area contributed by atoms with Gasteiger partial charge in [0.2, 0.25) is 5.91 Å². The molecule has 1 amide bonds. The van der Waals surface area contributed by atoms with Crippen molar-refractivity contribution in [2.24, 2.45) is 0 Å². The van der Waals surface area contributed by atoms with E-state index in [4.69, 9.17) is 4.74 Å². The minimum atomic E-state index is -0.348. The number of carbonyl (C=O) groups excluding carboxylic acids is 1. The molecule has 1 atom stereocenters. The molecule has 0 spiro atoms. The molecule has 1 aromatic carbocycles. The Morgan fingerprint density at radius 3 is 3.04 bits per heavy atom. The summed E-state index contributed by atoms with van der Waals surface area (Å²) < 4.78 is 18.9. The van der Waals surface area contributed by atoms with Gasteiger partial charge in [0.1, 0.15) is 12.4 Å². The summed E-state index contributed by atoms with van der Waals surface area (Å²) in [5.41, 5.74) is 0.418. The number of aromatic nitrogens is 3. The van der Waals surface area contributed by atoms with E-state index in [0.717, 1.165) is 19.3 Å². The Kier molecular flexibility index (Phi) is 5.20. The maximum absolute atomic E-state index is 13.8. The van der Waals surface area contributed by atoms with Gasteiger partial charge >= 0.3 is 0 Å². The van der Waals surface area contributed by atoms with Gasteiger partial charge in [-0.15, -0.1) is 0 Å². The third kappa shape index (κ3) is 3.62. The highest BCUT2D eigenvalue weighted by Crippen LogP contribution is 2.29. The van der Waals surface area contributed by atoms with Crippen LogP contribution in [0.25, 0.3) is 0 Å². The van der Waals surface area contributed by atoms with Crippen molar-refractivity contribution in [2.75, 3.05) is 13.7 Å². The molecule has 0 saturated carbocycles. The number of hydrogen-bond donors (Lipinski definition) is 1. The molecule has 0 unspecified atom stereocenters. The third-order valence-corrected chi connectivity index (χ3v) is 4.25. The summed E-state index contributed by atoms with van der Waals surface area (Å²) in [7, 11) is 1.59. The Labute approximate surface area is 140 Å². The highest BCUT2D eigenvalue weighted by molar-refractivity contribution is 5.79. The molecule has 1 saturated heterocycles. The van der Waals surface area contributed by atoms with Crippen molar-refractivity contribution in [1.29, 1.82) is 0 Å². The van der Waals surface area contributed by atoms with Crippen LogP contribution in [0.2, 0.25) is 0 Å². The maximum Gasteiger partial charge on any atom is 0.227 e. The van der Waals surface area contributed by atoms with E-state index in [1.807, 2.05) is 0 Å². The number of nitrogens with one attached hydrogen (secondary N) is 1. The minimum absolute atomic E-state index is 0.0541. The third-order valence-electron chi connectivity index (χ3n) is 4.25. The zero-order chi connectivity index (χ0) is 16.9. The number of nitrogens with zero attached hydrogens (tertiary/aromatic N) is 3. The van der Waals surface area contributed by atoms with E-state index in [-0.39, 0.29) is 24.2 Å². The van der Waals surface area contributed by atoms with Crippen LogP contribution >= 0.6 is 0 Å². The molecule has 6 nitrogen and oxygen atoms in total. The topological polar surface area (TPSA) is 71.1 Å². The fraction of sp³-hybridized carbons (Fsp3) is 0.471. The van der Waals surface area contributed by atoms with Gasteiger partial charge in [-0.1, -0.05) is 18.2 Å². The predicted octanol–water partition coefficient (Wildman–Crippen LogP) is 2.39. The summed E-state index contributed by atoms with van der Waals surface area (Å²) in [6.07, 6.45) is 2.82. The standard InChI is InChI=1S/C17H21FN4O2/c1-24-11-15-19-17(21-20-15)14-8-4-5-9-22(14)16(23)10-12-6-2-3-7-13(12)18/h2-3,6-7,14H,4-5,8-11H2,1H3,(H,19,20,21)/t14-/m0/s1. The first kappa shape index (κ1) is 16.6. The van der Waals surface area contributed by atoms with Crippen molar-refractivity contribution in [2.45, 2.75) is 38.3 Å². The molecule has 3 rings (SSSR count). The van der Waals surface area contributed by atoms with Gasteiger partial charge in [-0.2, -0.15) is 5.10 Å². The first-order valence-electron chi connectivity index (χ1n) is 8.12. The summed E-state index contributed by atoms with van der Waals surface area (Å²) >= 11 is 0. The van der Waals surface area contributed by atoms with Gasteiger partial charge in [0.05, 0.1) is 12.5 Å². The quantitative estimate of drug-likeness (QED) is 0.912. The van der Waals surface area contributed by atoms with Crippen LogP contribution in [0, 0.1) is 5.82 Å². The SMILES string of the molecule is COCc1nc([C@@H]2CCCCN2C(=O)Cc2ccccc2F)n[nH]1. The second-order valence-corrected chi connectivity index (χ2v) is 5.94. The van der Waals surface area contributed by atoms with Crippen LogP contribution in [-0.4, -0.2) is 39.6 Å². The number of methoxy groups -OCH3 is 1. The summed E-state index contributed by atoms with van der Waals surface area (Å²) in [4.78, 5) is 18.9. The molecule has 128 valence electrons. The maximum atomic E-state index is 13.8. The highest BCUT2D eigenvalue weighted by atomic mass is 19.1. The molecule has 0 aliphatic carbocycles. The molecule has 1 fully saturated rings. The van der Waals surface area contributed by atoms with E-state index in [1.165, 1.54) is 6.07 Å². The van der Waals surface area contributed by atoms with Crippen molar-refractivity contribution in [3.63, 3.8) is 0 Å². The van der Waals surface area contributed by atoms with Crippen LogP contribution in [0.5, 0.6) is 0 Å². The molecular formula is C17H21FN4O2. The van der Waals surface area contributed by atoms with Crippen LogP contribution in [0.15, 0.2) is 24.3 Å². The van der Waals surface area contributed by atoms with E-state index in [0.29, 0.717) is 30.4 Å². The molecule has 7 heteroatoms. The van der Waals surface area contributed by atoms with Crippen LogP contribution in [0.3, 0.4) is 0 Å². The number of aromatic amines is 1. The lowest BCUT2D eigenvalue weighted by Crippen LogP contribution is -2.40. The zero-order valence-corrected chi connectivity index (χ0v) is 13.7. The van der Waals surface area contributed by atoms with Crippen LogP contribution < -0.4 is 0 Å². The molecule has 1 aliphatic heterocycles. The highest BCUT2D eigenvalue weighted by Gasteiger charge is 2.31. The van der Waals surface area contributed by atoms with E-state index in [9.17, 15) is 9.18 Å². The van der Waals surface area contributed by atoms with Gasteiger partial charge in [0, 0.05) is 13.7 Å². The number of benzene rings is 1. The van der Waals surface area contributed by atoms with Gasteiger partial charge in [-0.05, 0) is 30.9 Å². The number of likely N-dealkylation sites (tertiary alicyclic amines) is 1. The van der Waals surface area contributed by atoms with Crippen molar-refractivity contribution in [3.05, 3.63) is 47.3 Å². The smallest absolute Gasteiger partial charge is 0.227 e. The lowest BCUT2D eigenvalue weighted by atomic mass is 10.00. The molecule has 2 heterocycles. The van der Waals surface area contributed by atoms with Gasteiger partial charge in [0.15, 0.2) is 11.6 Å². The monoisotopic (exact) mass is 332 g/mol. The van der Waals surface area contributed by atoms with Gasteiger partial charge in [0.25, 0.3) is 0 Å². The van der Waals surface area contributed by atoms with E-state index < -0.39 is 0 Å². The number of ether oxygens (including phenoxy) is 1. The first-order chi connectivity index (χ1) is 11.7. The molecule has 24 heavy (non-hydrogen) atoms. The summed E-state index contributed by atoms with van der Waals surface area (Å²) in [6.45, 7) is 0.995. The Balaban J connectivity index is 1.76. The number of halogens is 1. The number of piperidine rings is 1. The Morgan fingerprint density at radius 1 is 1.42 bits per heavy atom. The van der Waals surface area contributed by atoms with Gasteiger partial charge in [-0.25, -0.2) is 9.37 Å². The normalized spacial score (nSPS) is 17.9. The molecule has 1 aliphatic rings. The van der Waals surface area contributed by atoms with Crippen LogP contribution in [0.1, 0.15) is 42.5 Å². The molecule has 1 N–H and O–H groups in total. The summed E-state index contributed by atoms with van der Waals surface area (Å²) in [5.74, 6) is 0.797. The molecule has 1 aromatic heterocycles. The first-order valence-corrected chi connectivity index (χ1v) is 8.12. The van der Waals surface area contributed by atoms with E-state index in [2.05, 4.69) is 15.2 Å². The summed E-state index contributed by atoms with van der Waals surface area (Å²) in [5, 5.41) is 7.07. The second kappa shape index (κ2) is 7.53. The van der Waals surface area contributed by atoms with Crippen molar-refractivity contribution in [1.82, 2.24) is 20.1 Å². The molecular weight excluding hydrogens is 311 g/mol. The number of hydrogen-bond acceptors (Lipinski definition) is 4. The molecule has 0 bridgehead atoms. The number of carbonyl (C=O) groups is 1. The lowest BCUT2D eigenvalue weighted by Gasteiger charge is -2.34. The summed E-state index contributed by atoms with van der Waals surface area (Å²) in [6, 6.07) is 6.22. The fourth-order valence-corrected chi connectivity index (χ4v) is 3.07. The largest absolute Gasteiger partial charge is 0.377 e. The van der Waals surface area contributed by atoms with Crippen molar-refractivity contribution >= 4 is 5.91 Å². The fourth-order valence-electron chi connectivity index (χ4n) is 3.07. The number of H-pyrrole nitrogens is 1. The average molecular weight is 332 g/mol. The lowest BCUT2D eigenvalue weighted by molar-refractivity contribution is -0.134. The Hall–Kier alpha value is -2.28. The average Bonchev–Trinajstić information content (AvgIpc) is 3.06. The zero-order valence-electron chi connectivity index (χ0n) is 13.7. The van der Waals surface area contributed by atoms with Gasteiger partial charge in [-0.3, -0.25) is 9.89 Å². The van der Waals surface area contributed by atoms with Gasteiger partial charge < -0.3 is 9.64 Å².